The topological polar surface area (TPSA) is 59.9 Å². The molecule has 0 bridgehead atoms. The van der Waals surface area contributed by atoms with E-state index in [0.29, 0.717) is 22.5 Å². The number of hydrogen-bond donors (Lipinski definition) is 1. The molecule has 6 nitrogen and oxygen atoms in total. The lowest BCUT2D eigenvalue weighted by atomic mass is 10.2. The molecule has 0 atom stereocenters. The average molecular weight is 280 g/mol. The van der Waals surface area contributed by atoms with Gasteiger partial charge in [-0.15, -0.1) is 0 Å². The monoisotopic (exact) mass is 280 g/mol. The number of carbonyl (C=O) groups excluding carboxylic acids is 1. The largest absolute Gasteiger partial charge is 0.493 e. The molecule has 0 heterocycles. The summed E-state index contributed by atoms with van der Waals surface area (Å²) in [6, 6.07) is 5.40. The SMILES string of the molecule is COc1ccc(/C=N/NC(=O)C[N+](C)(C)C)cc1OC. The third-order valence-electron chi connectivity index (χ3n) is 2.43. The van der Waals surface area contributed by atoms with E-state index in [1.54, 1.807) is 32.6 Å². The highest BCUT2D eigenvalue weighted by Crippen LogP contribution is 2.26. The maximum absolute atomic E-state index is 11.6. The van der Waals surface area contributed by atoms with E-state index in [2.05, 4.69) is 10.5 Å². The standard InChI is InChI=1S/C14H21N3O3/c1-17(2,3)10-14(18)16-15-9-11-6-7-12(19-4)13(8-11)20-5/h6-9H,10H2,1-5H3/p+1/b15-9+. The number of ether oxygens (including phenoxy) is 2. The zero-order valence-electron chi connectivity index (χ0n) is 12.6. The number of rotatable bonds is 6. The fourth-order valence-electron chi connectivity index (χ4n) is 1.58. The van der Waals surface area contributed by atoms with Crippen LogP contribution in [0.4, 0.5) is 0 Å². The highest BCUT2D eigenvalue weighted by atomic mass is 16.5. The van der Waals surface area contributed by atoms with Crippen LogP contribution in [0.5, 0.6) is 11.5 Å². The quantitative estimate of drug-likeness (QED) is 0.477. The molecule has 1 rings (SSSR count). The lowest BCUT2D eigenvalue weighted by molar-refractivity contribution is -0.862. The summed E-state index contributed by atoms with van der Waals surface area (Å²) in [4.78, 5) is 11.6. The first-order valence-corrected chi connectivity index (χ1v) is 6.20. The summed E-state index contributed by atoms with van der Waals surface area (Å²) in [7, 11) is 8.98. The van der Waals surface area contributed by atoms with Crippen molar-refractivity contribution in [3.05, 3.63) is 23.8 Å². The zero-order valence-corrected chi connectivity index (χ0v) is 12.6. The van der Waals surface area contributed by atoms with Gasteiger partial charge in [0.05, 0.1) is 41.6 Å². The predicted molar refractivity (Wildman–Crippen MR) is 78.2 cm³/mol. The molecule has 1 N–H and O–H groups in total. The molecule has 0 unspecified atom stereocenters. The fourth-order valence-corrected chi connectivity index (χ4v) is 1.58. The van der Waals surface area contributed by atoms with Gasteiger partial charge in [0, 0.05) is 0 Å². The molecule has 1 amide bonds. The van der Waals surface area contributed by atoms with E-state index in [4.69, 9.17) is 9.47 Å². The van der Waals surface area contributed by atoms with Crippen molar-refractivity contribution in [1.29, 1.82) is 0 Å². The number of methoxy groups -OCH3 is 2. The van der Waals surface area contributed by atoms with Crippen molar-refractivity contribution in [3.8, 4) is 11.5 Å². The van der Waals surface area contributed by atoms with Gasteiger partial charge in [-0.05, 0) is 23.8 Å². The molecule has 0 saturated heterocycles. The number of hydrazone groups is 1. The third kappa shape index (κ3) is 5.27. The second kappa shape index (κ2) is 6.91. The zero-order chi connectivity index (χ0) is 15.2. The van der Waals surface area contributed by atoms with Crippen molar-refractivity contribution in [1.82, 2.24) is 5.43 Å². The van der Waals surface area contributed by atoms with E-state index in [0.717, 1.165) is 5.56 Å². The van der Waals surface area contributed by atoms with Gasteiger partial charge in [-0.2, -0.15) is 5.10 Å². The molecular formula is C14H22N3O3+. The number of carbonyl (C=O) groups is 1. The molecule has 6 heteroatoms. The van der Waals surface area contributed by atoms with Crippen molar-refractivity contribution in [3.63, 3.8) is 0 Å². The maximum atomic E-state index is 11.6. The van der Waals surface area contributed by atoms with Crippen LogP contribution >= 0.6 is 0 Å². The first kappa shape index (κ1) is 16.0. The van der Waals surface area contributed by atoms with Gasteiger partial charge in [-0.1, -0.05) is 0 Å². The number of nitrogens with zero attached hydrogens (tertiary/aromatic N) is 2. The summed E-state index contributed by atoms with van der Waals surface area (Å²) in [5, 5.41) is 3.93. The van der Waals surface area contributed by atoms with Crippen LogP contribution in [-0.2, 0) is 4.79 Å². The van der Waals surface area contributed by atoms with E-state index < -0.39 is 0 Å². The third-order valence-corrected chi connectivity index (χ3v) is 2.43. The van der Waals surface area contributed by atoms with Gasteiger partial charge in [-0.3, -0.25) is 4.79 Å². The molecule has 0 aliphatic rings. The molecule has 0 saturated carbocycles. The van der Waals surface area contributed by atoms with Gasteiger partial charge >= 0.3 is 0 Å². The van der Waals surface area contributed by atoms with E-state index >= 15 is 0 Å². The highest BCUT2D eigenvalue weighted by molar-refractivity contribution is 5.83. The van der Waals surface area contributed by atoms with Crippen LogP contribution in [0.25, 0.3) is 0 Å². The Morgan fingerprint density at radius 2 is 1.90 bits per heavy atom. The minimum atomic E-state index is -0.130. The Labute approximate surface area is 119 Å². The Hall–Kier alpha value is -2.08. The predicted octanol–water partition coefficient (Wildman–Crippen LogP) is 0.860. The van der Waals surface area contributed by atoms with Crippen LogP contribution in [0, 0.1) is 0 Å². The smallest absolute Gasteiger partial charge is 0.295 e. The normalized spacial score (nSPS) is 11.4. The van der Waals surface area contributed by atoms with Crippen LogP contribution < -0.4 is 14.9 Å². The Bertz CT molecular complexity index is 493. The fraction of sp³-hybridized carbons (Fsp3) is 0.429. The van der Waals surface area contributed by atoms with Crippen molar-refractivity contribution < 1.29 is 18.8 Å². The number of nitrogens with one attached hydrogen (secondary N) is 1. The lowest BCUT2D eigenvalue weighted by Gasteiger charge is -2.21. The number of hydrogen-bond acceptors (Lipinski definition) is 4. The summed E-state index contributed by atoms with van der Waals surface area (Å²) in [5.74, 6) is 1.14. The molecule has 20 heavy (non-hydrogen) atoms. The average Bonchev–Trinajstić information content (AvgIpc) is 2.36. The Morgan fingerprint density at radius 1 is 1.25 bits per heavy atom. The summed E-state index contributed by atoms with van der Waals surface area (Å²) >= 11 is 0. The Morgan fingerprint density at radius 3 is 2.45 bits per heavy atom. The summed E-state index contributed by atoms with van der Waals surface area (Å²) in [5.41, 5.74) is 3.31. The number of benzene rings is 1. The van der Waals surface area contributed by atoms with Crippen LogP contribution in [0.15, 0.2) is 23.3 Å². The van der Waals surface area contributed by atoms with Crippen LogP contribution in [0.2, 0.25) is 0 Å². The molecule has 1 aromatic rings. The number of likely N-dealkylation sites (N-methyl/N-ethyl adjacent to an activating group) is 1. The van der Waals surface area contributed by atoms with Crippen LogP contribution in [0.3, 0.4) is 0 Å². The van der Waals surface area contributed by atoms with Crippen molar-refractivity contribution >= 4 is 12.1 Å². The minimum Gasteiger partial charge on any atom is -0.493 e. The first-order valence-electron chi connectivity index (χ1n) is 6.20. The number of amides is 1. The van der Waals surface area contributed by atoms with E-state index in [1.807, 2.05) is 27.2 Å². The minimum absolute atomic E-state index is 0.130. The summed E-state index contributed by atoms with van der Waals surface area (Å²) < 4.78 is 10.9. The van der Waals surface area contributed by atoms with Gasteiger partial charge in [0.15, 0.2) is 18.0 Å². The molecule has 0 spiro atoms. The van der Waals surface area contributed by atoms with Gasteiger partial charge in [-0.25, -0.2) is 5.43 Å². The van der Waals surface area contributed by atoms with E-state index in [1.165, 1.54) is 0 Å². The van der Waals surface area contributed by atoms with Gasteiger partial charge in [0.2, 0.25) is 0 Å². The van der Waals surface area contributed by atoms with E-state index in [-0.39, 0.29) is 5.91 Å². The van der Waals surface area contributed by atoms with E-state index in [9.17, 15) is 4.79 Å². The van der Waals surface area contributed by atoms with Gasteiger partial charge in [0.25, 0.3) is 5.91 Å². The molecule has 0 radical (unpaired) electrons. The second-order valence-corrected chi connectivity index (χ2v) is 5.36. The lowest BCUT2D eigenvalue weighted by Crippen LogP contribution is -2.43. The van der Waals surface area contributed by atoms with Gasteiger partial charge < -0.3 is 14.0 Å². The molecule has 1 aromatic carbocycles. The molecule has 0 aromatic heterocycles. The molecule has 0 aliphatic heterocycles. The van der Waals surface area contributed by atoms with Gasteiger partial charge in [0.1, 0.15) is 0 Å². The van der Waals surface area contributed by atoms with Crippen LogP contribution in [0.1, 0.15) is 5.56 Å². The molecule has 0 fully saturated rings. The molecular weight excluding hydrogens is 258 g/mol. The molecule has 0 aliphatic carbocycles. The maximum Gasteiger partial charge on any atom is 0.295 e. The van der Waals surface area contributed by atoms with Crippen LogP contribution in [-0.4, -0.2) is 58.5 Å². The van der Waals surface area contributed by atoms with Crippen molar-refractivity contribution in [2.24, 2.45) is 5.10 Å². The molecule has 110 valence electrons. The number of quaternary nitrogens is 1. The second-order valence-electron chi connectivity index (χ2n) is 5.36. The Kier molecular flexibility index (Phi) is 5.52. The van der Waals surface area contributed by atoms with Crippen molar-refractivity contribution in [2.45, 2.75) is 0 Å². The highest BCUT2D eigenvalue weighted by Gasteiger charge is 2.13. The van der Waals surface area contributed by atoms with Crippen molar-refractivity contribution in [2.75, 3.05) is 41.9 Å². The summed E-state index contributed by atoms with van der Waals surface area (Å²) in [6.45, 7) is 0.364. The summed E-state index contributed by atoms with van der Waals surface area (Å²) in [6.07, 6.45) is 1.56. The Balaban J connectivity index is 2.65. The first-order chi connectivity index (χ1) is 9.35.